The Labute approximate surface area is 173 Å². The first-order valence-corrected chi connectivity index (χ1v) is 11.8. The van der Waals surface area contributed by atoms with Gasteiger partial charge < -0.3 is 9.80 Å². The lowest BCUT2D eigenvalue weighted by atomic mass is 10.0. The van der Waals surface area contributed by atoms with Crippen molar-refractivity contribution in [3.63, 3.8) is 0 Å². The minimum absolute atomic E-state index is 0.0673. The molecule has 1 heterocycles. The molecule has 1 saturated heterocycles. The minimum Gasteiger partial charge on any atom is -0.337 e. The van der Waals surface area contributed by atoms with Crippen LogP contribution in [0, 0.1) is 18.8 Å². The van der Waals surface area contributed by atoms with Gasteiger partial charge in [-0.15, -0.1) is 0 Å². The standard InChI is InChI=1S/C21H31N3O4S/c1-14(2)19(22-29(27,28)18-9-5-15(3)6-10-18)21(26)23-11-12-24(16(4)13-23)20(25)17-7-8-17/h5-6,9-10,14,16-17,19,22H,7-8,11-13H2,1-4H3. The third kappa shape index (κ3) is 4.98. The number of nitrogens with zero attached hydrogens (tertiary/aromatic N) is 2. The molecule has 1 saturated carbocycles. The zero-order valence-electron chi connectivity index (χ0n) is 17.6. The Morgan fingerprint density at radius 1 is 1.10 bits per heavy atom. The van der Waals surface area contributed by atoms with E-state index >= 15 is 0 Å². The number of hydrogen-bond acceptors (Lipinski definition) is 4. The topological polar surface area (TPSA) is 86.8 Å². The molecule has 2 amide bonds. The molecule has 8 heteroatoms. The molecule has 0 aromatic heterocycles. The molecule has 1 N–H and O–H groups in total. The van der Waals surface area contributed by atoms with Crippen LogP contribution in [0.2, 0.25) is 0 Å². The van der Waals surface area contributed by atoms with Gasteiger partial charge in [-0.25, -0.2) is 8.42 Å². The zero-order valence-corrected chi connectivity index (χ0v) is 18.4. The van der Waals surface area contributed by atoms with Crippen LogP contribution in [0.25, 0.3) is 0 Å². The highest BCUT2D eigenvalue weighted by atomic mass is 32.2. The Morgan fingerprint density at radius 3 is 2.24 bits per heavy atom. The molecule has 7 nitrogen and oxygen atoms in total. The molecule has 0 radical (unpaired) electrons. The van der Waals surface area contributed by atoms with Crippen LogP contribution < -0.4 is 4.72 Å². The highest BCUT2D eigenvalue weighted by molar-refractivity contribution is 7.89. The van der Waals surface area contributed by atoms with Crippen LogP contribution in [0.4, 0.5) is 0 Å². The van der Waals surface area contributed by atoms with Gasteiger partial charge in [0.05, 0.1) is 4.90 Å². The largest absolute Gasteiger partial charge is 0.337 e. The molecule has 160 valence electrons. The summed E-state index contributed by atoms with van der Waals surface area (Å²) in [5, 5.41) is 0. The summed E-state index contributed by atoms with van der Waals surface area (Å²) in [4.78, 5) is 29.3. The Balaban J connectivity index is 1.69. The third-order valence-corrected chi connectivity index (χ3v) is 7.15. The van der Waals surface area contributed by atoms with Crippen LogP contribution in [0.5, 0.6) is 0 Å². The number of aryl methyl sites for hydroxylation is 1. The summed E-state index contributed by atoms with van der Waals surface area (Å²) in [5.74, 6) is -0.0975. The maximum absolute atomic E-state index is 13.2. The highest BCUT2D eigenvalue weighted by Gasteiger charge is 2.39. The van der Waals surface area contributed by atoms with E-state index in [1.54, 1.807) is 29.2 Å². The van der Waals surface area contributed by atoms with E-state index in [9.17, 15) is 18.0 Å². The van der Waals surface area contributed by atoms with E-state index in [4.69, 9.17) is 0 Å². The second kappa shape index (κ2) is 8.44. The van der Waals surface area contributed by atoms with Crippen LogP contribution in [0.1, 0.15) is 39.2 Å². The lowest BCUT2D eigenvalue weighted by molar-refractivity contribution is -0.144. The molecule has 0 bridgehead atoms. The predicted octanol–water partition coefficient (Wildman–Crippen LogP) is 1.77. The Morgan fingerprint density at radius 2 is 1.72 bits per heavy atom. The van der Waals surface area contributed by atoms with Crippen LogP contribution >= 0.6 is 0 Å². The molecular weight excluding hydrogens is 390 g/mol. The molecule has 2 aliphatic rings. The fourth-order valence-electron chi connectivity index (χ4n) is 3.67. The SMILES string of the molecule is Cc1ccc(S(=O)(=O)NC(C(=O)N2CCN(C(=O)C3CC3)C(C)C2)C(C)C)cc1. The minimum atomic E-state index is -3.81. The average Bonchev–Trinajstić information content (AvgIpc) is 3.50. The molecule has 2 fully saturated rings. The highest BCUT2D eigenvalue weighted by Crippen LogP contribution is 2.32. The first-order chi connectivity index (χ1) is 13.6. The second-order valence-corrected chi connectivity index (χ2v) is 10.3. The van der Waals surface area contributed by atoms with Crippen molar-refractivity contribution in [2.24, 2.45) is 11.8 Å². The summed E-state index contributed by atoms with van der Waals surface area (Å²) in [5.41, 5.74) is 0.966. The van der Waals surface area contributed by atoms with Gasteiger partial charge in [0, 0.05) is 31.6 Å². The predicted molar refractivity (Wildman–Crippen MR) is 111 cm³/mol. The number of carbonyl (C=O) groups is 2. The number of nitrogens with one attached hydrogen (secondary N) is 1. The summed E-state index contributed by atoms with van der Waals surface area (Å²) in [6.45, 7) is 8.84. The lowest BCUT2D eigenvalue weighted by Crippen LogP contribution is -2.60. The first-order valence-electron chi connectivity index (χ1n) is 10.3. The number of amides is 2. The molecule has 3 rings (SSSR count). The van der Waals surface area contributed by atoms with Crippen molar-refractivity contribution >= 4 is 21.8 Å². The van der Waals surface area contributed by atoms with Crippen molar-refractivity contribution in [3.8, 4) is 0 Å². The molecular formula is C21H31N3O4S. The summed E-state index contributed by atoms with van der Waals surface area (Å²) >= 11 is 0. The molecule has 1 aliphatic carbocycles. The molecule has 2 atom stereocenters. The Kier molecular flexibility index (Phi) is 6.33. The monoisotopic (exact) mass is 421 g/mol. The number of sulfonamides is 1. The van der Waals surface area contributed by atoms with E-state index in [0.717, 1.165) is 18.4 Å². The van der Waals surface area contributed by atoms with Crippen LogP contribution in [0.15, 0.2) is 29.2 Å². The van der Waals surface area contributed by atoms with E-state index < -0.39 is 16.1 Å². The van der Waals surface area contributed by atoms with Crippen LogP contribution in [-0.2, 0) is 19.6 Å². The number of hydrogen-bond donors (Lipinski definition) is 1. The molecule has 0 spiro atoms. The summed E-state index contributed by atoms with van der Waals surface area (Å²) in [6.07, 6.45) is 1.92. The van der Waals surface area contributed by atoms with Crippen molar-refractivity contribution in [3.05, 3.63) is 29.8 Å². The van der Waals surface area contributed by atoms with Gasteiger partial charge >= 0.3 is 0 Å². The van der Waals surface area contributed by atoms with Crippen molar-refractivity contribution in [1.82, 2.24) is 14.5 Å². The average molecular weight is 422 g/mol. The van der Waals surface area contributed by atoms with Crippen molar-refractivity contribution in [1.29, 1.82) is 0 Å². The van der Waals surface area contributed by atoms with Gasteiger partial charge in [-0.3, -0.25) is 9.59 Å². The van der Waals surface area contributed by atoms with E-state index in [-0.39, 0.29) is 34.6 Å². The van der Waals surface area contributed by atoms with Crippen LogP contribution in [0.3, 0.4) is 0 Å². The number of carbonyl (C=O) groups excluding carboxylic acids is 2. The molecule has 2 unspecified atom stereocenters. The maximum Gasteiger partial charge on any atom is 0.241 e. The van der Waals surface area contributed by atoms with Gasteiger partial charge in [0.2, 0.25) is 21.8 Å². The van der Waals surface area contributed by atoms with Gasteiger partial charge in [-0.05, 0) is 44.7 Å². The van der Waals surface area contributed by atoms with Crippen molar-refractivity contribution < 1.29 is 18.0 Å². The third-order valence-electron chi connectivity index (χ3n) is 5.69. The second-order valence-electron chi connectivity index (χ2n) is 8.60. The zero-order chi connectivity index (χ0) is 21.3. The van der Waals surface area contributed by atoms with Gasteiger partial charge in [0.15, 0.2) is 0 Å². The molecule has 1 aliphatic heterocycles. The Hall–Kier alpha value is -1.93. The maximum atomic E-state index is 13.2. The van der Waals surface area contributed by atoms with Gasteiger partial charge in [0.1, 0.15) is 6.04 Å². The van der Waals surface area contributed by atoms with E-state index in [1.807, 2.05) is 32.6 Å². The normalized spacial score (nSPS) is 21.3. The Bertz CT molecular complexity index is 862. The van der Waals surface area contributed by atoms with Crippen molar-refractivity contribution in [2.45, 2.75) is 57.5 Å². The summed E-state index contributed by atoms with van der Waals surface area (Å²) in [6, 6.07) is 5.65. The fraction of sp³-hybridized carbons (Fsp3) is 0.619. The van der Waals surface area contributed by atoms with Gasteiger partial charge in [-0.1, -0.05) is 31.5 Å². The fourth-order valence-corrected chi connectivity index (χ4v) is 5.01. The quantitative estimate of drug-likeness (QED) is 0.758. The van der Waals surface area contributed by atoms with Crippen molar-refractivity contribution in [2.75, 3.05) is 19.6 Å². The molecule has 29 heavy (non-hydrogen) atoms. The summed E-state index contributed by atoms with van der Waals surface area (Å²) < 4.78 is 28.2. The summed E-state index contributed by atoms with van der Waals surface area (Å²) in [7, 11) is -3.81. The first kappa shape index (κ1) is 21.8. The van der Waals surface area contributed by atoms with E-state index in [1.165, 1.54) is 0 Å². The smallest absolute Gasteiger partial charge is 0.241 e. The number of piperazine rings is 1. The van der Waals surface area contributed by atoms with Gasteiger partial charge in [0.25, 0.3) is 0 Å². The van der Waals surface area contributed by atoms with Crippen LogP contribution in [-0.4, -0.2) is 61.7 Å². The van der Waals surface area contributed by atoms with E-state index in [2.05, 4.69) is 4.72 Å². The van der Waals surface area contributed by atoms with Gasteiger partial charge in [-0.2, -0.15) is 4.72 Å². The van der Waals surface area contributed by atoms with E-state index in [0.29, 0.717) is 19.6 Å². The molecule has 1 aromatic rings. The number of rotatable bonds is 6. The number of benzene rings is 1. The lowest BCUT2D eigenvalue weighted by Gasteiger charge is -2.41. The molecule has 1 aromatic carbocycles.